The van der Waals surface area contributed by atoms with E-state index in [1.807, 2.05) is 0 Å². The highest BCUT2D eigenvalue weighted by atomic mass is 32.1. The zero-order chi connectivity index (χ0) is 18.2. The number of aliphatic carboxylic acids is 1. The molecule has 10 nitrogen and oxygen atoms in total. The van der Waals surface area contributed by atoms with Gasteiger partial charge in [0.25, 0.3) is 0 Å². The number of oxime groups is 1. The van der Waals surface area contributed by atoms with E-state index >= 15 is 0 Å². The minimum Gasteiger partial charge on any atom is -0.477 e. The Balaban J connectivity index is 2.64. The summed E-state index contributed by atoms with van der Waals surface area (Å²) < 4.78 is 14.3. The van der Waals surface area contributed by atoms with Crippen LogP contribution in [-0.4, -0.2) is 58.7 Å². The fourth-order valence-electron chi connectivity index (χ4n) is 1.46. The second-order valence-electron chi connectivity index (χ2n) is 5.61. The number of carboxylic acid groups (broad SMARTS) is 1. The fourth-order valence-corrected chi connectivity index (χ4v) is 2.09. The predicted octanol–water partition coefficient (Wildman–Crippen LogP) is 1.70. The van der Waals surface area contributed by atoms with Gasteiger partial charge in [-0.1, -0.05) is 5.16 Å². The topological polar surface area (TPSA) is 132 Å². The van der Waals surface area contributed by atoms with E-state index in [2.05, 4.69) is 19.8 Å². The van der Waals surface area contributed by atoms with Crippen molar-refractivity contribution in [2.75, 3.05) is 25.6 Å². The second kappa shape index (κ2) is 9.13. The maximum Gasteiger partial charge on any atom is 0.414 e. The summed E-state index contributed by atoms with van der Waals surface area (Å²) in [5.74, 6) is -1.20. The number of rotatable bonds is 8. The largest absolute Gasteiger partial charge is 0.477 e. The lowest BCUT2D eigenvalue weighted by molar-refractivity contribution is -0.129. The number of carbonyl (C=O) groups is 2. The van der Waals surface area contributed by atoms with Gasteiger partial charge in [0.15, 0.2) is 12.0 Å². The van der Waals surface area contributed by atoms with Crippen LogP contribution in [0.2, 0.25) is 0 Å². The lowest BCUT2D eigenvalue weighted by atomic mass is 10.2. The normalized spacial score (nSPS) is 12.8. The Morgan fingerprint density at radius 3 is 2.71 bits per heavy atom. The number of amides is 1. The van der Waals surface area contributed by atoms with Gasteiger partial charge in [-0.05, 0) is 20.8 Å². The number of nitrogens with zero attached hydrogens (tertiary/aromatic N) is 3. The molecule has 24 heavy (non-hydrogen) atoms. The molecule has 2 N–H and O–H groups in total. The van der Waals surface area contributed by atoms with Gasteiger partial charge in [-0.3, -0.25) is 5.32 Å². The Kier molecular flexibility index (Phi) is 7.52. The van der Waals surface area contributed by atoms with Crippen LogP contribution in [0.15, 0.2) is 5.16 Å². The number of methoxy groups -OCH3 is 1. The quantitative estimate of drug-likeness (QED) is 0.529. The standard InChI is InChI=1S/C13H20N4O6S/c1-13(2,3)23-12(20)16-11-15-10(17-24-11)8(6-21-4)7-22-14-5-9(18)19/h5,8H,6-7H2,1-4H3,(H,18,19)(H,15,16,17,20)/b14-5-. The van der Waals surface area contributed by atoms with Crippen molar-refractivity contribution in [3.8, 4) is 0 Å². The van der Waals surface area contributed by atoms with E-state index < -0.39 is 17.7 Å². The number of hydrogen-bond acceptors (Lipinski definition) is 9. The third kappa shape index (κ3) is 7.83. The van der Waals surface area contributed by atoms with Crippen LogP contribution >= 0.6 is 11.5 Å². The van der Waals surface area contributed by atoms with Crippen molar-refractivity contribution in [2.24, 2.45) is 5.16 Å². The summed E-state index contributed by atoms with van der Waals surface area (Å²) in [4.78, 5) is 31.1. The first-order valence-corrected chi connectivity index (χ1v) is 7.69. The molecule has 0 aliphatic rings. The van der Waals surface area contributed by atoms with Crippen LogP contribution in [0.4, 0.5) is 9.93 Å². The highest BCUT2D eigenvalue weighted by molar-refractivity contribution is 7.09. The summed E-state index contributed by atoms with van der Waals surface area (Å²) in [5, 5.41) is 14.5. The van der Waals surface area contributed by atoms with Gasteiger partial charge < -0.3 is 19.4 Å². The van der Waals surface area contributed by atoms with E-state index in [9.17, 15) is 9.59 Å². The first-order valence-electron chi connectivity index (χ1n) is 6.92. The van der Waals surface area contributed by atoms with Crippen molar-refractivity contribution in [1.82, 2.24) is 9.36 Å². The van der Waals surface area contributed by atoms with Crippen molar-refractivity contribution in [3.05, 3.63) is 5.82 Å². The molecule has 0 saturated heterocycles. The Morgan fingerprint density at radius 2 is 2.12 bits per heavy atom. The molecule has 1 aromatic rings. The van der Waals surface area contributed by atoms with Gasteiger partial charge in [0.1, 0.15) is 12.2 Å². The molecule has 0 saturated carbocycles. The molecule has 1 unspecified atom stereocenters. The molecular weight excluding hydrogens is 340 g/mol. The SMILES string of the molecule is COCC(CO/N=C\C(=O)O)c1nsc(NC(=O)OC(C)(C)C)n1. The summed E-state index contributed by atoms with van der Waals surface area (Å²) >= 11 is 0.985. The molecule has 0 spiro atoms. The van der Waals surface area contributed by atoms with Gasteiger partial charge in [-0.15, -0.1) is 0 Å². The Hall–Kier alpha value is -2.27. The van der Waals surface area contributed by atoms with Crippen molar-refractivity contribution >= 4 is 34.9 Å². The van der Waals surface area contributed by atoms with Crippen molar-refractivity contribution in [3.63, 3.8) is 0 Å². The molecule has 0 aromatic carbocycles. The molecule has 1 rings (SSSR count). The summed E-state index contributed by atoms with van der Waals surface area (Å²) in [6.45, 7) is 5.52. The van der Waals surface area contributed by atoms with Crippen LogP contribution in [-0.2, 0) is 19.1 Å². The molecule has 0 aliphatic heterocycles. The lowest BCUT2D eigenvalue weighted by Gasteiger charge is -2.18. The number of carboxylic acids is 1. The highest BCUT2D eigenvalue weighted by Crippen LogP contribution is 2.20. The van der Waals surface area contributed by atoms with Crippen LogP contribution in [0, 0.1) is 0 Å². The number of hydrogen-bond donors (Lipinski definition) is 2. The zero-order valence-electron chi connectivity index (χ0n) is 13.8. The van der Waals surface area contributed by atoms with E-state index in [0.717, 1.165) is 11.5 Å². The van der Waals surface area contributed by atoms with Crippen LogP contribution < -0.4 is 5.32 Å². The molecule has 1 atom stereocenters. The first-order chi connectivity index (χ1) is 11.2. The lowest BCUT2D eigenvalue weighted by Crippen LogP contribution is -2.27. The molecular formula is C13H20N4O6S. The minimum atomic E-state index is -1.21. The number of aromatic nitrogens is 2. The van der Waals surface area contributed by atoms with E-state index in [4.69, 9.17) is 19.4 Å². The molecule has 11 heteroatoms. The van der Waals surface area contributed by atoms with Crippen molar-refractivity contribution in [2.45, 2.75) is 32.3 Å². The van der Waals surface area contributed by atoms with Gasteiger partial charge >= 0.3 is 12.1 Å². The monoisotopic (exact) mass is 360 g/mol. The van der Waals surface area contributed by atoms with Gasteiger partial charge in [-0.2, -0.15) is 4.37 Å². The van der Waals surface area contributed by atoms with E-state index in [1.165, 1.54) is 7.11 Å². The first kappa shape index (κ1) is 19.8. The van der Waals surface area contributed by atoms with Gasteiger partial charge in [0.05, 0.1) is 12.5 Å². The smallest absolute Gasteiger partial charge is 0.414 e. The predicted molar refractivity (Wildman–Crippen MR) is 86.5 cm³/mol. The van der Waals surface area contributed by atoms with Crippen LogP contribution in [0.5, 0.6) is 0 Å². The molecule has 0 fully saturated rings. The van der Waals surface area contributed by atoms with E-state index in [1.54, 1.807) is 20.8 Å². The average Bonchev–Trinajstić information content (AvgIpc) is 2.88. The van der Waals surface area contributed by atoms with Crippen LogP contribution in [0.3, 0.4) is 0 Å². The number of nitrogens with one attached hydrogen (secondary N) is 1. The van der Waals surface area contributed by atoms with Gasteiger partial charge in [-0.25, -0.2) is 14.6 Å². The molecule has 1 amide bonds. The summed E-state index contributed by atoms with van der Waals surface area (Å²) in [5.41, 5.74) is -0.619. The Bertz CT molecular complexity index is 583. The zero-order valence-corrected chi connectivity index (χ0v) is 14.6. The van der Waals surface area contributed by atoms with E-state index in [0.29, 0.717) is 12.0 Å². The summed E-state index contributed by atoms with van der Waals surface area (Å²) in [7, 11) is 1.50. The second-order valence-corrected chi connectivity index (χ2v) is 6.36. The van der Waals surface area contributed by atoms with Crippen molar-refractivity contribution < 1.29 is 29.0 Å². The van der Waals surface area contributed by atoms with Crippen LogP contribution in [0.1, 0.15) is 32.5 Å². The van der Waals surface area contributed by atoms with Crippen molar-refractivity contribution in [1.29, 1.82) is 0 Å². The van der Waals surface area contributed by atoms with E-state index in [-0.39, 0.29) is 24.3 Å². The van der Waals surface area contributed by atoms with Gasteiger partial charge in [0.2, 0.25) is 5.13 Å². The fraction of sp³-hybridized carbons (Fsp3) is 0.615. The third-order valence-electron chi connectivity index (χ3n) is 2.30. The maximum absolute atomic E-state index is 11.7. The molecule has 1 aromatic heterocycles. The van der Waals surface area contributed by atoms with Gasteiger partial charge in [0, 0.05) is 18.6 Å². The number of ether oxygens (including phenoxy) is 2. The summed E-state index contributed by atoms with van der Waals surface area (Å²) in [6.07, 6.45) is 0.00388. The maximum atomic E-state index is 11.7. The molecule has 0 bridgehead atoms. The Labute approximate surface area is 143 Å². The molecule has 0 aliphatic carbocycles. The minimum absolute atomic E-state index is 0.0280. The average molecular weight is 360 g/mol. The number of anilines is 1. The molecule has 134 valence electrons. The summed E-state index contributed by atoms with van der Waals surface area (Å²) in [6, 6.07) is 0. The third-order valence-corrected chi connectivity index (χ3v) is 2.94. The number of carbonyl (C=O) groups excluding carboxylic acids is 1. The molecule has 0 radical (unpaired) electrons. The van der Waals surface area contributed by atoms with Crippen LogP contribution in [0.25, 0.3) is 0 Å². The molecule has 1 heterocycles. The highest BCUT2D eigenvalue weighted by Gasteiger charge is 2.21. The Morgan fingerprint density at radius 1 is 1.42 bits per heavy atom.